The molecule has 3 heterocycles. The Balaban J connectivity index is 1.09. The number of hydrogen-bond acceptors (Lipinski definition) is 7. The molecule has 1 aliphatic rings. The average molecular weight is 712 g/mol. The van der Waals surface area contributed by atoms with Gasteiger partial charge >= 0.3 is 0 Å². The fraction of sp³-hybridized carbons (Fsp3) is 0.205. The van der Waals surface area contributed by atoms with Gasteiger partial charge in [0.1, 0.15) is 5.75 Å². The van der Waals surface area contributed by atoms with E-state index in [1.165, 1.54) is 25.0 Å². The second kappa shape index (κ2) is 14.9. The van der Waals surface area contributed by atoms with Crippen LogP contribution in [0.15, 0.2) is 91.1 Å². The van der Waals surface area contributed by atoms with E-state index in [4.69, 9.17) is 42.4 Å². The third-order valence-electron chi connectivity index (χ3n) is 8.65. The summed E-state index contributed by atoms with van der Waals surface area (Å²) in [6, 6.07) is 23.7. The van der Waals surface area contributed by atoms with Crippen molar-refractivity contribution < 1.29 is 23.4 Å². The number of rotatable bonds is 11. The minimum absolute atomic E-state index is 0.0204. The summed E-state index contributed by atoms with van der Waals surface area (Å²) < 4.78 is 33.3. The van der Waals surface area contributed by atoms with Crippen molar-refractivity contribution in [3.63, 3.8) is 0 Å². The molecule has 0 aliphatic carbocycles. The van der Waals surface area contributed by atoms with Gasteiger partial charge in [-0.3, -0.25) is 9.78 Å². The summed E-state index contributed by atoms with van der Waals surface area (Å²) in [5.74, 6) is 0.396. The van der Waals surface area contributed by atoms with Gasteiger partial charge in [-0.2, -0.15) is 0 Å². The summed E-state index contributed by atoms with van der Waals surface area (Å²) in [5, 5.41) is 4.88. The van der Waals surface area contributed by atoms with Crippen LogP contribution in [0.4, 0.5) is 10.1 Å². The van der Waals surface area contributed by atoms with Crippen molar-refractivity contribution in [2.75, 3.05) is 38.7 Å². The SMILES string of the molecule is COc1cc2c(Oc3ccc(NC(=O)c4cc(-c5ccc(Cl)c(Cl)c5)nc5ccccc45)cc3F)ccnc2cc1OCCCN1CCCC1. The lowest BCUT2D eigenvalue weighted by Gasteiger charge is -2.16. The maximum atomic E-state index is 15.5. The van der Waals surface area contributed by atoms with Gasteiger partial charge in [0, 0.05) is 46.9 Å². The summed E-state index contributed by atoms with van der Waals surface area (Å²) in [6.07, 6.45) is 5.02. The summed E-state index contributed by atoms with van der Waals surface area (Å²) in [5.41, 5.74) is 3.10. The molecule has 0 unspecified atom stereocenters. The second-order valence-corrected chi connectivity index (χ2v) is 12.8. The highest BCUT2D eigenvalue weighted by molar-refractivity contribution is 6.42. The van der Waals surface area contributed by atoms with E-state index in [9.17, 15) is 4.79 Å². The number of nitrogens with one attached hydrogen (secondary N) is 1. The number of para-hydroxylation sites is 1. The van der Waals surface area contributed by atoms with Gasteiger partial charge in [-0.15, -0.1) is 0 Å². The van der Waals surface area contributed by atoms with Gasteiger partial charge in [0.25, 0.3) is 5.91 Å². The number of aromatic nitrogens is 2. The number of ether oxygens (including phenoxy) is 3. The number of benzene rings is 4. The lowest BCUT2D eigenvalue weighted by molar-refractivity contribution is 0.102. The van der Waals surface area contributed by atoms with Gasteiger partial charge in [-0.25, -0.2) is 9.37 Å². The van der Waals surface area contributed by atoms with E-state index in [1.807, 2.05) is 30.3 Å². The Morgan fingerprint density at radius 3 is 2.50 bits per heavy atom. The van der Waals surface area contributed by atoms with Crippen molar-refractivity contribution in [3.05, 3.63) is 113 Å². The molecule has 6 aromatic rings. The van der Waals surface area contributed by atoms with Crippen LogP contribution >= 0.6 is 23.2 Å². The number of nitrogens with zero attached hydrogens (tertiary/aromatic N) is 3. The molecule has 0 radical (unpaired) electrons. The highest BCUT2D eigenvalue weighted by atomic mass is 35.5. The number of carbonyl (C=O) groups is 1. The first-order valence-electron chi connectivity index (χ1n) is 16.3. The predicted molar refractivity (Wildman–Crippen MR) is 196 cm³/mol. The van der Waals surface area contributed by atoms with Crippen LogP contribution in [0.3, 0.4) is 0 Å². The van der Waals surface area contributed by atoms with E-state index >= 15 is 4.39 Å². The summed E-state index contributed by atoms with van der Waals surface area (Å²) in [6.45, 7) is 3.85. The Morgan fingerprint density at radius 2 is 1.70 bits per heavy atom. The third kappa shape index (κ3) is 7.31. The lowest BCUT2D eigenvalue weighted by Crippen LogP contribution is -2.21. The molecule has 1 fully saturated rings. The first kappa shape index (κ1) is 33.5. The normalized spacial score (nSPS) is 13.1. The first-order valence-corrected chi connectivity index (χ1v) is 17.1. The Labute approximate surface area is 298 Å². The molecule has 7 rings (SSSR count). The molecule has 0 atom stereocenters. The lowest BCUT2D eigenvalue weighted by atomic mass is 10.0. The molecule has 4 aromatic carbocycles. The number of carbonyl (C=O) groups excluding carboxylic acids is 1. The fourth-order valence-corrected chi connectivity index (χ4v) is 6.41. The van der Waals surface area contributed by atoms with Crippen molar-refractivity contribution in [1.82, 2.24) is 14.9 Å². The maximum Gasteiger partial charge on any atom is 0.256 e. The van der Waals surface area contributed by atoms with E-state index in [0.717, 1.165) is 26.1 Å². The van der Waals surface area contributed by atoms with Crippen molar-refractivity contribution >= 4 is 56.6 Å². The average Bonchev–Trinajstić information content (AvgIpc) is 3.65. The molecule has 1 N–H and O–H groups in total. The van der Waals surface area contributed by atoms with Gasteiger partial charge < -0.3 is 24.4 Å². The molecular weight excluding hydrogens is 678 g/mol. The molecule has 1 saturated heterocycles. The zero-order valence-electron chi connectivity index (χ0n) is 27.2. The van der Waals surface area contributed by atoms with Crippen LogP contribution in [-0.2, 0) is 0 Å². The van der Waals surface area contributed by atoms with Gasteiger partial charge in [-0.1, -0.05) is 47.5 Å². The number of fused-ring (bicyclic) bond motifs is 2. The van der Waals surface area contributed by atoms with Gasteiger partial charge in [0.2, 0.25) is 0 Å². The van der Waals surface area contributed by atoms with Gasteiger partial charge in [0.15, 0.2) is 23.1 Å². The fourth-order valence-electron chi connectivity index (χ4n) is 6.11. The Morgan fingerprint density at radius 1 is 0.860 bits per heavy atom. The van der Waals surface area contributed by atoms with Crippen LogP contribution < -0.4 is 19.5 Å². The molecule has 11 heteroatoms. The van der Waals surface area contributed by atoms with Crippen LogP contribution in [0.25, 0.3) is 33.1 Å². The number of anilines is 1. The van der Waals surface area contributed by atoms with E-state index in [2.05, 4.69) is 15.2 Å². The number of halogens is 3. The van der Waals surface area contributed by atoms with Crippen LogP contribution in [0.5, 0.6) is 23.0 Å². The number of pyridine rings is 2. The van der Waals surface area contributed by atoms with E-state index < -0.39 is 11.7 Å². The topological polar surface area (TPSA) is 85.8 Å². The summed E-state index contributed by atoms with van der Waals surface area (Å²) in [4.78, 5) is 25.3. The number of likely N-dealkylation sites (tertiary alicyclic amines) is 1. The Hall–Kier alpha value is -4.96. The molecule has 0 spiro atoms. The third-order valence-corrected chi connectivity index (χ3v) is 9.39. The van der Waals surface area contributed by atoms with Crippen molar-refractivity contribution in [3.8, 4) is 34.3 Å². The van der Waals surface area contributed by atoms with E-state index in [-0.39, 0.29) is 11.4 Å². The Bertz CT molecular complexity index is 2210. The maximum absolute atomic E-state index is 15.5. The smallest absolute Gasteiger partial charge is 0.256 e. The molecule has 1 amide bonds. The molecule has 1 aliphatic heterocycles. The molecule has 254 valence electrons. The standard InChI is InChI=1S/C39H33Cl2FN4O4/c1-48-37-22-28-34(23-38(37)49-18-6-17-46-15-4-5-16-46)43-14-13-35(28)50-36-12-10-25(20-31(36)42)44-39(47)27-21-33(24-9-11-29(40)30(41)19-24)45-32-8-3-2-7-26(27)32/h2-3,7-14,19-23H,4-6,15-18H2,1H3,(H,44,47). The summed E-state index contributed by atoms with van der Waals surface area (Å²) in [7, 11) is 1.57. The molecular formula is C39H33Cl2FN4O4. The van der Waals surface area contributed by atoms with Crippen molar-refractivity contribution in [2.24, 2.45) is 0 Å². The monoisotopic (exact) mass is 710 g/mol. The van der Waals surface area contributed by atoms with E-state index in [0.29, 0.717) is 72.5 Å². The quantitative estimate of drug-likeness (QED) is 0.134. The highest BCUT2D eigenvalue weighted by Crippen LogP contribution is 2.38. The highest BCUT2D eigenvalue weighted by Gasteiger charge is 2.18. The zero-order valence-corrected chi connectivity index (χ0v) is 28.7. The summed E-state index contributed by atoms with van der Waals surface area (Å²) >= 11 is 12.4. The number of amides is 1. The second-order valence-electron chi connectivity index (χ2n) is 12.0. The molecule has 0 saturated carbocycles. The van der Waals surface area contributed by atoms with Crippen molar-refractivity contribution in [2.45, 2.75) is 19.3 Å². The number of methoxy groups -OCH3 is 1. The van der Waals surface area contributed by atoms with Crippen LogP contribution in [0.1, 0.15) is 29.6 Å². The van der Waals surface area contributed by atoms with Gasteiger partial charge in [-0.05, 0) is 80.9 Å². The predicted octanol–water partition coefficient (Wildman–Crippen LogP) is 9.81. The zero-order chi connectivity index (χ0) is 34.6. The Kier molecular flexibility index (Phi) is 9.98. The van der Waals surface area contributed by atoms with Crippen LogP contribution in [-0.4, -0.2) is 54.1 Å². The minimum atomic E-state index is -0.659. The number of hydrogen-bond donors (Lipinski definition) is 1. The largest absolute Gasteiger partial charge is 0.493 e. The molecule has 50 heavy (non-hydrogen) atoms. The first-order chi connectivity index (χ1) is 24.4. The van der Waals surface area contributed by atoms with Gasteiger partial charge in [0.05, 0.1) is 46.1 Å². The minimum Gasteiger partial charge on any atom is -0.493 e. The van der Waals surface area contributed by atoms with Crippen molar-refractivity contribution in [1.29, 1.82) is 0 Å². The van der Waals surface area contributed by atoms with Crippen LogP contribution in [0, 0.1) is 5.82 Å². The molecule has 8 nitrogen and oxygen atoms in total. The molecule has 0 bridgehead atoms. The molecule has 2 aromatic heterocycles. The van der Waals surface area contributed by atoms with E-state index in [1.54, 1.807) is 55.8 Å². The van der Waals surface area contributed by atoms with Crippen LogP contribution in [0.2, 0.25) is 10.0 Å².